The second-order valence-corrected chi connectivity index (χ2v) is 7.58. The number of halogens is 1. The molecule has 21 heavy (non-hydrogen) atoms. The predicted octanol–water partition coefficient (Wildman–Crippen LogP) is 1.32. The third-order valence-electron chi connectivity index (χ3n) is 3.74. The van der Waals surface area contributed by atoms with Gasteiger partial charge in [0.25, 0.3) is 0 Å². The van der Waals surface area contributed by atoms with Crippen LogP contribution in [0.4, 0.5) is 0 Å². The molecule has 1 heterocycles. The molecule has 1 saturated heterocycles. The minimum atomic E-state index is -3.61. The van der Waals surface area contributed by atoms with Gasteiger partial charge < -0.3 is 10.2 Å². The van der Waals surface area contributed by atoms with Crippen molar-refractivity contribution in [2.24, 2.45) is 0 Å². The van der Waals surface area contributed by atoms with Gasteiger partial charge in [0.1, 0.15) is 5.75 Å². The van der Waals surface area contributed by atoms with Crippen molar-refractivity contribution in [3.63, 3.8) is 0 Å². The van der Waals surface area contributed by atoms with Crippen molar-refractivity contribution in [2.45, 2.75) is 23.8 Å². The van der Waals surface area contributed by atoms with Crippen molar-refractivity contribution in [3.05, 3.63) is 29.3 Å². The van der Waals surface area contributed by atoms with E-state index in [0.717, 1.165) is 12.8 Å². The largest absolute Gasteiger partial charge is 0.342 e. The second-order valence-electron chi connectivity index (χ2n) is 5.16. The fourth-order valence-corrected chi connectivity index (χ4v) is 3.75. The van der Waals surface area contributed by atoms with Crippen LogP contribution in [0.1, 0.15) is 12.8 Å². The number of hydrogen-bond donors (Lipinski definition) is 1. The molecule has 1 aliphatic heterocycles. The first kappa shape index (κ1) is 16.3. The second kappa shape index (κ2) is 6.77. The van der Waals surface area contributed by atoms with Gasteiger partial charge in [-0.15, -0.1) is 0 Å². The average molecular weight is 331 g/mol. The van der Waals surface area contributed by atoms with Crippen molar-refractivity contribution in [3.8, 4) is 0 Å². The summed E-state index contributed by atoms with van der Waals surface area (Å²) in [5.74, 6) is -0.821. The number of nitrogens with zero attached hydrogens (tertiary/aromatic N) is 1. The number of likely N-dealkylation sites (tertiary alicyclic amines) is 1. The zero-order valence-electron chi connectivity index (χ0n) is 11.9. The zero-order valence-corrected chi connectivity index (χ0v) is 13.5. The van der Waals surface area contributed by atoms with E-state index in [1.165, 1.54) is 24.3 Å². The maximum Gasteiger partial charge on any atom is 0.238 e. The van der Waals surface area contributed by atoms with Crippen molar-refractivity contribution in [1.29, 1.82) is 0 Å². The van der Waals surface area contributed by atoms with Gasteiger partial charge >= 0.3 is 0 Å². The third kappa shape index (κ3) is 4.18. The molecule has 0 radical (unpaired) electrons. The Balaban J connectivity index is 2.00. The minimum absolute atomic E-state index is 0.130. The van der Waals surface area contributed by atoms with Crippen LogP contribution in [0.5, 0.6) is 0 Å². The number of amides is 1. The van der Waals surface area contributed by atoms with Crippen LogP contribution < -0.4 is 5.32 Å². The minimum Gasteiger partial charge on any atom is -0.342 e. The van der Waals surface area contributed by atoms with E-state index in [1.54, 1.807) is 4.90 Å². The number of nitrogens with one attached hydrogen (secondary N) is 1. The molecule has 0 aliphatic carbocycles. The van der Waals surface area contributed by atoms with Gasteiger partial charge in [0.2, 0.25) is 5.91 Å². The monoisotopic (exact) mass is 330 g/mol. The summed E-state index contributed by atoms with van der Waals surface area (Å²) >= 11 is 5.74. The van der Waals surface area contributed by atoms with Gasteiger partial charge in [-0.05, 0) is 44.2 Å². The molecule has 116 valence electrons. The molecule has 1 N–H and O–H groups in total. The molecule has 0 unspecified atom stereocenters. The topological polar surface area (TPSA) is 66.5 Å². The summed E-state index contributed by atoms with van der Waals surface area (Å²) < 4.78 is 24.4. The maximum atomic E-state index is 12.2. The zero-order chi connectivity index (χ0) is 15.5. The van der Waals surface area contributed by atoms with Gasteiger partial charge in [-0.2, -0.15) is 0 Å². The normalized spacial score (nSPS) is 17.0. The van der Waals surface area contributed by atoms with E-state index in [0.29, 0.717) is 24.2 Å². The molecule has 7 heteroatoms. The Morgan fingerprint density at radius 3 is 2.38 bits per heavy atom. The Hall–Kier alpha value is -1.11. The number of hydrogen-bond acceptors (Lipinski definition) is 4. The molecule has 1 amide bonds. The lowest BCUT2D eigenvalue weighted by Gasteiger charge is -2.31. The van der Waals surface area contributed by atoms with Crippen molar-refractivity contribution < 1.29 is 13.2 Å². The smallest absolute Gasteiger partial charge is 0.238 e. The third-order valence-corrected chi connectivity index (χ3v) is 5.61. The van der Waals surface area contributed by atoms with Crippen LogP contribution in [0.3, 0.4) is 0 Å². The predicted molar refractivity (Wildman–Crippen MR) is 82.2 cm³/mol. The number of carbonyl (C=O) groups excluding carboxylic acids is 1. The van der Waals surface area contributed by atoms with Crippen LogP contribution >= 0.6 is 11.6 Å². The van der Waals surface area contributed by atoms with E-state index in [1.807, 2.05) is 7.05 Å². The number of carbonyl (C=O) groups is 1. The highest BCUT2D eigenvalue weighted by Gasteiger charge is 2.26. The molecule has 0 bridgehead atoms. The summed E-state index contributed by atoms with van der Waals surface area (Å²) in [7, 11) is -1.71. The van der Waals surface area contributed by atoms with Gasteiger partial charge in [-0.1, -0.05) is 11.6 Å². The highest BCUT2D eigenvalue weighted by molar-refractivity contribution is 7.92. The van der Waals surface area contributed by atoms with Crippen molar-refractivity contribution in [1.82, 2.24) is 10.2 Å². The number of rotatable bonds is 4. The fraction of sp³-hybridized carbons (Fsp3) is 0.500. The molecule has 1 aromatic rings. The molecule has 0 saturated carbocycles. The van der Waals surface area contributed by atoms with Crippen LogP contribution in [0.2, 0.25) is 5.02 Å². The highest BCUT2D eigenvalue weighted by atomic mass is 35.5. The quantitative estimate of drug-likeness (QED) is 0.904. The van der Waals surface area contributed by atoms with E-state index in [9.17, 15) is 13.2 Å². The van der Waals surface area contributed by atoms with E-state index >= 15 is 0 Å². The van der Waals surface area contributed by atoms with Gasteiger partial charge in [0, 0.05) is 24.2 Å². The van der Waals surface area contributed by atoms with Crippen LogP contribution in [0.25, 0.3) is 0 Å². The Kier molecular flexibility index (Phi) is 5.24. The molecular weight excluding hydrogens is 312 g/mol. The van der Waals surface area contributed by atoms with Gasteiger partial charge in [0.15, 0.2) is 9.84 Å². The van der Waals surface area contributed by atoms with Crippen LogP contribution in [0, 0.1) is 0 Å². The summed E-state index contributed by atoms with van der Waals surface area (Å²) in [6.07, 6.45) is 1.70. The van der Waals surface area contributed by atoms with Gasteiger partial charge in [0.05, 0.1) is 4.90 Å². The summed E-state index contributed by atoms with van der Waals surface area (Å²) in [4.78, 5) is 13.9. The number of benzene rings is 1. The molecular formula is C14H19ClN2O3S. The number of piperidine rings is 1. The highest BCUT2D eigenvalue weighted by Crippen LogP contribution is 2.17. The van der Waals surface area contributed by atoms with Crippen molar-refractivity contribution in [2.75, 3.05) is 25.9 Å². The molecule has 0 atom stereocenters. The molecule has 0 aromatic heterocycles. The first-order chi connectivity index (χ1) is 9.92. The summed E-state index contributed by atoms with van der Waals surface area (Å²) in [5, 5.41) is 3.64. The van der Waals surface area contributed by atoms with E-state index < -0.39 is 15.6 Å². The molecule has 0 spiro atoms. The molecule has 1 fully saturated rings. The summed E-state index contributed by atoms with van der Waals surface area (Å²) in [5.41, 5.74) is 0. The van der Waals surface area contributed by atoms with Gasteiger partial charge in [-0.25, -0.2) is 8.42 Å². The lowest BCUT2D eigenvalue weighted by atomic mass is 10.1. The first-order valence-electron chi connectivity index (χ1n) is 6.86. The van der Waals surface area contributed by atoms with E-state index in [-0.39, 0.29) is 10.8 Å². The molecule has 1 aliphatic rings. The Labute approximate surface area is 130 Å². The molecule has 1 aromatic carbocycles. The first-order valence-corrected chi connectivity index (χ1v) is 8.89. The van der Waals surface area contributed by atoms with Crippen LogP contribution in [0.15, 0.2) is 29.2 Å². The Morgan fingerprint density at radius 1 is 1.29 bits per heavy atom. The van der Waals surface area contributed by atoms with Gasteiger partial charge in [-0.3, -0.25) is 4.79 Å². The standard InChI is InChI=1S/C14H19ClN2O3S/c1-16-12-6-8-17(9-7-12)14(18)10-21(19,20)13-4-2-11(15)3-5-13/h2-5,12,16H,6-10H2,1H3. The maximum absolute atomic E-state index is 12.2. The van der Waals surface area contributed by atoms with Crippen molar-refractivity contribution >= 4 is 27.3 Å². The van der Waals surface area contributed by atoms with E-state index in [2.05, 4.69) is 5.32 Å². The van der Waals surface area contributed by atoms with Crippen LogP contribution in [-0.2, 0) is 14.6 Å². The Bertz CT molecular complexity index is 593. The summed E-state index contributed by atoms with van der Waals surface area (Å²) in [6, 6.07) is 6.28. The van der Waals surface area contributed by atoms with E-state index in [4.69, 9.17) is 11.6 Å². The molecule has 2 rings (SSSR count). The lowest BCUT2D eigenvalue weighted by molar-refractivity contribution is -0.129. The SMILES string of the molecule is CNC1CCN(C(=O)CS(=O)(=O)c2ccc(Cl)cc2)CC1. The lowest BCUT2D eigenvalue weighted by Crippen LogP contribution is -2.45. The fourth-order valence-electron chi connectivity index (χ4n) is 2.40. The number of sulfone groups is 1. The Morgan fingerprint density at radius 2 is 1.86 bits per heavy atom. The van der Waals surface area contributed by atoms with Crippen LogP contribution in [-0.4, -0.2) is 51.2 Å². The average Bonchev–Trinajstić information content (AvgIpc) is 2.47. The summed E-state index contributed by atoms with van der Waals surface area (Å²) in [6.45, 7) is 1.20. The molecule has 5 nitrogen and oxygen atoms in total.